The van der Waals surface area contributed by atoms with Crippen molar-refractivity contribution in [3.05, 3.63) is 51.9 Å². The third-order valence-electron chi connectivity index (χ3n) is 3.40. The van der Waals surface area contributed by atoms with Crippen LogP contribution in [0.15, 0.2) is 40.8 Å². The molecule has 2 heterocycles. The Hall–Kier alpha value is -2.51. The van der Waals surface area contributed by atoms with E-state index in [1.165, 1.54) is 22.2 Å². The Balaban J connectivity index is 2.16. The molecule has 0 bridgehead atoms. The number of nitrogens with one attached hydrogen (secondary N) is 1. The molecule has 0 radical (unpaired) electrons. The first-order valence-electron chi connectivity index (χ1n) is 6.63. The minimum Gasteiger partial charge on any atom is -0.293 e. The summed E-state index contributed by atoms with van der Waals surface area (Å²) in [5.74, 6) is 4.62. The van der Waals surface area contributed by atoms with Crippen LogP contribution in [0.5, 0.6) is 0 Å². The molecule has 0 saturated heterocycles. The van der Waals surface area contributed by atoms with Crippen molar-refractivity contribution < 1.29 is 4.79 Å². The zero-order valence-electron chi connectivity index (χ0n) is 11.9. The number of aryl methyl sites for hydroxylation is 1. The van der Waals surface area contributed by atoms with Crippen molar-refractivity contribution in [3.63, 3.8) is 0 Å². The van der Waals surface area contributed by atoms with Gasteiger partial charge in [0.25, 0.3) is 11.5 Å². The van der Waals surface area contributed by atoms with Gasteiger partial charge >= 0.3 is 0 Å². The number of carbonyl (C=O) groups excluding carboxylic acids is 1. The first kappa shape index (κ1) is 14.4. The third-order valence-corrected chi connectivity index (χ3v) is 4.28. The Morgan fingerprint density at radius 3 is 2.77 bits per heavy atom. The largest absolute Gasteiger partial charge is 0.293 e. The number of carbonyl (C=O) groups is 1. The maximum atomic E-state index is 12.6. The van der Waals surface area contributed by atoms with Crippen molar-refractivity contribution >= 4 is 27.5 Å². The minimum absolute atomic E-state index is 0.151. The molecule has 0 aliphatic rings. The van der Waals surface area contributed by atoms with Crippen LogP contribution in [0.3, 0.4) is 0 Å². The second kappa shape index (κ2) is 5.70. The summed E-state index contributed by atoms with van der Waals surface area (Å²) in [6.45, 7) is 1.86. The maximum absolute atomic E-state index is 12.6. The van der Waals surface area contributed by atoms with E-state index >= 15 is 0 Å². The number of nitrogens with zero attached hydrogens (tertiary/aromatic N) is 2. The molecule has 0 unspecified atom stereocenters. The van der Waals surface area contributed by atoms with E-state index in [0.29, 0.717) is 10.2 Å². The van der Waals surface area contributed by atoms with E-state index < -0.39 is 5.91 Å². The average molecular weight is 314 g/mol. The highest BCUT2D eigenvalue weighted by atomic mass is 32.1. The van der Waals surface area contributed by atoms with Gasteiger partial charge in [-0.25, -0.2) is 10.8 Å². The number of hydrogen-bond donors (Lipinski definition) is 2. The number of fused-ring (bicyclic) bond motifs is 1. The molecule has 1 amide bonds. The van der Waals surface area contributed by atoms with Gasteiger partial charge in [0.05, 0.1) is 11.7 Å². The highest BCUT2D eigenvalue weighted by Gasteiger charge is 2.14. The second-order valence-electron chi connectivity index (χ2n) is 4.94. The Labute approximate surface area is 130 Å². The summed E-state index contributed by atoms with van der Waals surface area (Å²) in [7, 11) is 0. The van der Waals surface area contributed by atoms with Crippen LogP contribution in [0.4, 0.5) is 0 Å². The van der Waals surface area contributed by atoms with Crippen molar-refractivity contribution in [1.29, 1.82) is 0 Å². The van der Waals surface area contributed by atoms with Crippen LogP contribution in [0.1, 0.15) is 5.56 Å². The monoisotopic (exact) mass is 314 g/mol. The molecule has 0 saturated carbocycles. The summed E-state index contributed by atoms with van der Waals surface area (Å²) < 4.78 is 1.26. The maximum Gasteiger partial charge on any atom is 0.263 e. The fraction of sp³-hybridized carbons (Fsp3) is 0.133. The standard InChI is InChI=1S/C15H14N4O2S/c1-9-2-4-10(5-3-9)11-7-22-14-13(11)15(21)19(8-17-14)6-12(20)18-16/h2-5,7-8H,6,16H2,1H3,(H,18,20). The summed E-state index contributed by atoms with van der Waals surface area (Å²) in [6, 6.07) is 7.94. The summed E-state index contributed by atoms with van der Waals surface area (Å²) >= 11 is 1.41. The minimum atomic E-state index is -0.449. The van der Waals surface area contributed by atoms with E-state index in [0.717, 1.165) is 16.7 Å². The van der Waals surface area contributed by atoms with Crippen LogP contribution in [-0.4, -0.2) is 15.5 Å². The van der Waals surface area contributed by atoms with Crippen molar-refractivity contribution in [2.24, 2.45) is 5.84 Å². The van der Waals surface area contributed by atoms with E-state index in [9.17, 15) is 9.59 Å². The first-order valence-corrected chi connectivity index (χ1v) is 7.51. The quantitative estimate of drug-likeness (QED) is 0.435. The molecule has 0 atom stereocenters. The summed E-state index contributed by atoms with van der Waals surface area (Å²) in [4.78, 5) is 28.9. The Morgan fingerprint density at radius 2 is 2.09 bits per heavy atom. The Kier molecular flexibility index (Phi) is 3.74. The van der Waals surface area contributed by atoms with Gasteiger partial charge in [0, 0.05) is 10.9 Å². The number of hydrogen-bond acceptors (Lipinski definition) is 5. The normalized spacial score (nSPS) is 10.8. The van der Waals surface area contributed by atoms with Crippen molar-refractivity contribution in [2.45, 2.75) is 13.5 Å². The van der Waals surface area contributed by atoms with Crippen molar-refractivity contribution in [2.75, 3.05) is 0 Å². The number of amides is 1. The molecule has 3 N–H and O–H groups in total. The number of nitrogens with two attached hydrogens (primary N) is 1. The van der Waals surface area contributed by atoms with Crippen LogP contribution < -0.4 is 16.8 Å². The molecular formula is C15H14N4O2S. The number of rotatable bonds is 3. The summed E-state index contributed by atoms with van der Waals surface area (Å²) in [5, 5.41) is 2.44. The van der Waals surface area contributed by atoms with E-state index in [4.69, 9.17) is 5.84 Å². The molecule has 0 aliphatic heterocycles. The van der Waals surface area contributed by atoms with Gasteiger partial charge in [-0.3, -0.25) is 19.6 Å². The number of hydrazine groups is 1. The highest BCUT2D eigenvalue weighted by molar-refractivity contribution is 7.17. The molecule has 1 aromatic carbocycles. The predicted molar refractivity (Wildman–Crippen MR) is 86.4 cm³/mol. The van der Waals surface area contributed by atoms with Gasteiger partial charge < -0.3 is 0 Å². The predicted octanol–water partition coefficient (Wildman–Crippen LogP) is 1.42. The van der Waals surface area contributed by atoms with Gasteiger partial charge in [-0.2, -0.15) is 0 Å². The van der Waals surface area contributed by atoms with Crippen molar-refractivity contribution in [3.8, 4) is 11.1 Å². The van der Waals surface area contributed by atoms with Gasteiger partial charge in [-0.1, -0.05) is 29.8 Å². The van der Waals surface area contributed by atoms with E-state index in [-0.39, 0.29) is 12.1 Å². The van der Waals surface area contributed by atoms with Gasteiger partial charge in [0.15, 0.2) is 0 Å². The van der Waals surface area contributed by atoms with E-state index in [1.54, 1.807) is 0 Å². The molecule has 7 heteroatoms. The van der Waals surface area contributed by atoms with Crippen LogP contribution in [-0.2, 0) is 11.3 Å². The molecule has 6 nitrogen and oxygen atoms in total. The highest BCUT2D eigenvalue weighted by Crippen LogP contribution is 2.30. The van der Waals surface area contributed by atoms with Gasteiger partial charge in [-0.05, 0) is 12.5 Å². The van der Waals surface area contributed by atoms with Gasteiger partial charge in [0.2, 0.25) is 0 Å². The number of aromatic nitrogens is 2. The van der Waals surface area contributed by atoms with E-state index in [2.05, 4.69) is 4.98 Å². The fourth-order valence-corrected chi connectivity index (χ4v) is 3.13. The van der Waals surface area contributed by atoms with Gasteiger partial charge in [0.1, 0.15) is 11.4 Å². The lowest BCUT2D eigenvalue weighted by molar-refractivity contribution is -0.121. The molecule has 0 spiro atoms. The summed E-state index contributed by atoms with van der Waals surface area (Å²) in [5.41, 5.74) is 4.71. The second-order valence-corrected chi connectivity index (χ2v) is 5.80. The fourth-order valence-electron chi connectivity index (χ4n) is 2.23. The smallest absolute Gasteiger partial charge is 0.263 e. The molecule has 3 aromatic rings. The number of thiophene rings is 1. The zero-order chi connectivity index (χ0) is 15.7. The Morgan fingerprint density at radius 1 is 1.36 bits per heavy atom. The molecule has 112 valence electrons. The van der Waals surface area contributed by atoms with E-state index in [1.807, 2.05) is 42.0 Å². The Bertz CT molecular complexity index is 896. The summed E-state index contributed by atoms with van der Waals surface area (Å²) in [6.07, 6.45) is 1.37. The van der Waals surface area contributed by atoms with Crippen LogP contribution >= 0.6 is 11.3 Å². The lowest BCUT2D eigenvalue weighted by Gasteiger charge is -2.05. The first-order chi connectivity index (χ1) is 10.6. The van der Waals surface area contributed by atoms with Crippen LogP contribution in [0.25, 0.3) is 21.3 Å². The number of benzene rings is 1. The molecule has 0 aliphatic carbocycles. The molecule has 3 rings (SSSR count). The molecular weight excluding hydrogens is 300 g/mol. The zero-order valence-corrected chi connectivity index (χ0v) is 12.7. The lowest BCUT2D eigenvalue weighted by Crippen LogP contribution is -2.36. The molecule has 22 heavy (non-hydrogen) atoms. The van der Waals surface area contributed by atoms with Crippen molar-refractivity contribution in [1.82, 2.24) is 15.0 Å². The van der Waals surface area contributed by atoms with Crippen LogP contribution in [0, 0.1) is 6.92 Å². The third kappa shape index (κ3) is 2.51. The topological polar surface area (TPSA) is 90.0 Å². The van der Waals surface area contributed by atoms with Gasteiger partial charge in [-0.15, -0.1) is 11.3 Å². The SMILES string of the molecule is Cc1ccc(-c2csc3ncn(CC(=O)NN)c(=O)c23)cc1. The lowest BCUT2D eigenvalue weighted by atomic mass is 10.1. The average Bonchev–Trinajstić information content (AvgIpc) is 2.95. The molecule has 0 fully saturated rings. The van der Waals surface area contributed by atoms with Crippen LogP contribution in [0.2, 0.25) is 0 Å². The molecule has 2 aromatic heterocycles.